The van der Waals surface area contributed by atoms with Gasteiger partial charge in [0.15, 0.2) is 0 Å². The minimum absolute atomic E-state index is 0.0672. The van der Waals surface area contributed by atoms with Gasteiger partial charge in [0.05, 0.1) is 18.2 Å². The Balaban J connectivity index is 2.08. The lowest BCUT2D eigenvalue weighted by molar-refractivity contribution is 0.198. The van der Waals surface area contributed by atoms with Crippen molar-refractivity contribution in [2.45, 2.75) is 33.4 Å². The molecule has 0 fully saturated rings. The quantitative estimate of drug-likeness (QED) is 0.793. The number of carbonyl (C=O) groups is 1. The molecule has 0 saturated carbocycles. The summed E-state index contributed by atoms with van der Waals surface area (Å²) in [5, 5.41) is 16.0. The molecule has 0 spiro atoms. The number of amides is 2. The molecule has 2 amide bonds. The Morgan fingerprint density at radius 1 is 1.32 bits per heavy atom. The molecule has 2 rings (SSSR count). The van der Waals surface area contributed by atoms with Gasteiger partial charge in [-0.15, -0.1) is 0 Å². The smallest absolute Gasteiger partial charge is 0.315 e. The average Bonchev–Trinajstić information content (AvgIpc) is 2.51. The summed E-state index contributed by atoms with van der Waals surface area (Å²) in [5.74, 6) is 0.180. The van der Waals surface area contributed by atoms with E-state index in [1.807, 2.05) is 45.0 Å². The monoisotopic (exact) mass is 301 g/mol. The lowest BCUT2D eigenvalue weighted by Gasteiger charge is -2.20. The van der Waals surface area contributed by atoms with E-state index < -0.39 is 0 Å². The van der Waals surface area contributed by atoms with E-state index >= 15 is 0 Å². The summed E-state index contributed by atoms with van der Waals surface area (Å²) < 4.78 is 0. The van der Waals surface area contributed by atoms with E-state index in [-0.39, 0.29) is 24.6 Å². The van der Waals surface area contributed by atoms with E-state index in [2.05, 4.69) is 15.6 Å². The molecule has 0 saturated heterocycles. The molecule has 1 aromatic carbocycles. The second kappa shape index (κ2) is 7.22. The fourth-order valence-electron chi connectivity index (χ4n) is 2.37. The maximum Gasteiger partial charge on any atom is 0.315 e. The number of rotatable bonds is 5. The average molecular weight is 301 g/mol. The standard InChI is InChI=1S/C17H23N3O2/c1-11(2)16(10-21)20-17(22)19-9-14-12(3)6-7-15-13(14)5-4-8-18-15/h4-8,11,16,21H,9-10H2,1-3H3,(H2,19,20,22). The van der Waals surface area contributed by atoms with Crippen LogP contribution in [0, 0.1) is 12.8 Å². The Labute approximate surface area is 130 Å². The second-order valence-corrected chi connectivity index (χ2v) is 5.79. The van der Waals surface area contributed by atoms with Gasteiger partial charge in [-0.05, 0) is 36.1 Å². The lowest BCUT2D eigenvalue weighted by Crippen LogP contribution is -2.46. The van der Waals surface area contributed by atoms with Crippen LogP contribution in [0.1, 0.15) is 25.0 Å². The number of aliphatic hydroxyl groups is 1. The summed E-state index contributed by atoms with van der Waals surface area (Å²) in [6.07, 6.45) is 1.76. The van der Waals surface area contributed by atoms with Gasteiger partial charge in [-0.25, -0.2) is 4.79 Å². The predicted molar refractivity (Wildman–Crippen MR) is 87.6 cm³/mol. The van der Waals surface area contributed by atoms with Gasteiger partial charge in [0, 0.05) is 18.1 Å². The van der Waals surface area contributed by atoms with Crippen molar-refractivity contribution in [3.63, 3.8) is 0 Å². The largest absolute Gasteiger partial charge is 0.394 e. The molecular formula is C17H23N3O2. The van der Waals surface area contributed by atoms with Gasteiger partial charge in [-0.2, -0.15) is 0 Å². The van der Waals surface area contributed by atoms with Gasteiger partial charge in [0.2, 0.25) is 0 Å². The molecular weight excluding hydrogens is 278 g/mol. The molecule has 0 aliphatic heterocycles. The summed E-state index contributed by atoms with van der Waals surface area (Å²) in [7, 11) is 0. The molecule has 118 valence electrons. The van der Waals surface area contributed by atoms with Crippen LogP contribution >= 0.6 is 0 Å². The van der Waals surface area contributed by atoms with Crippen molar-refractivity contribution >= 4 is 16.9 Å². The highest BCUT2D eigenvalue weighted by Gasteiger charge is 2.15. The molecule has 2 aromatic rings. The highest BCUT2D eigenvalue weighted by molar-refractivity contribution is 5.84. The maximum absolute atomic E-state index is 12.0. The Morgan fingerprint density at radius 3 is 2.77 bits per heavy atom. The normalized spacial score (nSPS) is 12.4. The number of carbonyl (C=O) groups excluding carboxylic acids is 1. The third-order valence-corrected chi connectivity index (χ3v) is 3.87. The summed E-state index contributed by atoms with van der Waals surface area (Å²) in [6.45, 7) is 6.30. The zero-order valence-electron chi connectivity index (χ0n) is 13.3. The van der Waals surface area contributed by atoms with Crippen molar-refractivity contribution in [1.29, 1.82) is 0 Å². The molecule has 1 aromatic heterocycles. The minimum atomic E-state index is -0.270. The Bertz CT molecular complexity index is 655. The first kappa shape index (κ1) is 16.2. The molecule has 0 bridgehead atoms. The number of aryl methyl sites for hydroxylation is 1. The molecule has 5 nitrogen and oxygen atoms in total. The molecule has 1 atom stereocenters. The van der Waals surface area contributed by atoms with Gasteiger partial charge in [-0.1, -0.05) is 26.0 Å². The zero-order valence-corrected chi connectivity index (χ0v) is 13.3. The minimum Gasteiger partial charge on any atom is -0.394 e. The molecule has 5 heteroatoms. The number of nitrogens with zero attached hydrogens (tertiary/aromatic N) is 1. The summed E-state index contributed by atoms with van der Waals surface area (Å²) in [6, 6.07) is 7.38. The van der Waals surface area contributed by atoms with Crippen molar-refractivity contribution in [2.75, 3.05) is 6.61 Å². The van der Waals surface area contributed by atoms with E-state index in [1.165, 1.54) is 0 Å². The van der Waals surface area contributed by atoms with E-state index in [1.54, 1.807) is 6.20 Å². The predicted octanol–water partition coefficient (Wildman–Crippen LogP) is 2.36. The molecule has 0 aliphatic rings. The van der Waals surface area contributed by atoms with Gasteiger partial charge in [0.1, 0.15) is 0 Å². The van der Waals surface area contributed by atoms with Crippen LogP contribution in [0.4, 0.5) is 4.79 Å². The number of aromatic nitrogens is 1. The van der Waals surface area contributed by atoms with Gasteiger partial charge >= 0.3 is 6.03 Å². The fourth-order valence-corrected chi connectivity index (χ4v) is 2.37. The van der Waals surface area contributed by atoms with Crippen LogP contribution < -0.4 is 10.6 Å². The SMILES string of the molecule is Cc1ccc2ncccc2c1CNC(=O)NC(CO)C(C)C. The van der Waals surface area contributed by atoms with Crippen molar-refractivity contribution in [1.82, 2.24) is 15.6 Å². The number of urea groups is 1. The molecule has 1 heterocycles. The maximum atomic E-state index is 12.0. The molecule has 1 unspecified atom stereocenters. The topological polar surface area (TPSA) is 74.2 Å². The molecule has 0 aliphatic carbocycles. The molecule has 3 N–H and O–H groups in total. The van der Waals surface area contributed by atoms with Crippen molar-refractivity contribution in [3.05, 3.63) is 41.6 Å². The summed E-state index contributed by atoms with van der Waals surface area (Å²) in [5.41, 5.74) is 3.09. The lowest BCUT2D eigenvalue weighted by atomic mass is 10.0. The second-order valence-electron chi connectivity index (χ2n) is 5.79. The third-order valence-electron chi connectivity index (χ3n) is 3.87. The number of benzene rings is 1. The molecule has 0 radical (unpaired) electrons. The van der Waals surface area contributed by atoms with Gasteiger partial charge < -0.3 is 15.7 Å². The number of hydrogen-bond acceptors (Lipinski definition) is 3. The van der Waals surface area contributed by atoms with Crippen molar-refractivity contribution < 1.29 is 9.90 Å². The highest BCUT2D eigenvalue weighted by Crippen LogP contribution is 2.20. The van der Waals surface area contributed by atoms with Crippen molar-refractivity contribution in [2.24, 2.45) is 5.92 Å². The molecule has 22 heavy (non-hydrogen) atoms. The number of pyridine rings is 1. The summed E-state index contributed by atoms with van der Waals surface area (Å²) in [4.78, 5) is 16.3. The Morgan fingerprint density at radius 2 is 2.09 bits per heavy atom. The van der Waals surface area contributed by atoms with Crippen molar-refractivity contribution in [3.8, 4) is 0 Å². The first-order valence-electron chi connectivity index (χ1n) is 7.51. The van der Waals surface area contributed by atoms with Crippen LogP contribution in [0.3, 0.4) is 0 Å². The number of nitrogens with one attached hydrogen (secondary N) is 2. The van der Waals surface area contributed by atoms with Crippen LogP contribution in [-0.4, -0.2) is 28.8 Å². The first-order chi connectivity index (χ1) is 10.5. The van der Waals surface area contributed by atoms with Crippen LogP contribution in [0.2, 0.25) is 0 Å². The Kier molecular flexibility index (Phi) is 5.33. The van der Waals surface area contributed by atoms with Crippen LogP contribution in [0.25, 0.3) is 10.9 Å². The highest BCUT2D eigenvalue weighted by atomic mass is 16.3. The van der Waals surface area contributed by atoms with E-state index in [0.29, 0.717) is 6.54 Å². The number of aliphatic hydroxyl groups excluding tert-OH is 1. The van der Waals surface area contributed by atoms with Crippen LogP contribution in [-0.2, 0) is 6.54 Å². The number of hydrogen-bond donors (Lipinski definition) is 3. The number of fused-ring (bicyclic) bond motifs is 1. The van der Waals surface area contributed by atoms with Crippen LogP contribution in [0.15, 0.2) is 30.5 Å². The Hall–Kier alpha value is -2.14. The van der Waals surface area contributed by atoms with E-state index in [0.717, 1.165) is 22.0 Å². The fraction of sp³-hybridized carbons (Fsp3) is 0.412. The van der Waals surface area contributed by atoms with E-state index in [9.17, 15) is 9.90 Å². The van der Waals surface area contributed by atoms with E-state index in [4.69, 9.17) is 0 Å². The first-order valence-corrected chi connectivity index (χ1v) is 7.51. The third kappa shape index (κ3) is 3.74. The zero-order chi connectivity index (χ0) is 16.1. The van der Waals surface area contributed by atoms with Crippen LogP contribution in [0.5, 0.6) is 0 Å². The summed E-state index contributed by atoms with van der Waals surface area (Å²) >= 11 is 0. The van der Waals surface area contributed by atoms with Gasteiger partial charge in [-0.3, -0.25) is 4.98 Å². The van der Waals surface area contributed by atoms with Gasteiger partial charge in [0.25, 0.3) is 0 Å².